The van der Waals surface area contributed by atoms with Gasteiger partial charge in [0.15, 0.2) is 9.84 Å². The van der Waals surface area contributed by atoms with Crippen LogP contribution in [0.3, 0.4) is 0 Å². The molecule has 5 nitrogen and oxygen atoms in total. The minimum Gasteiger partial charge on any atom is -0.354 e. The van der Waals surface area contributed by atoms with Gasteiger partial charge in [-0.3, -0.25) is 4.79 Å². The Hall–Kier alpha value is -1.40. The molecular weight excluding hydrogens is 276 g/mol. The van der Waals surface area contributed by atoms with Gasteiger partial charge < -0.3 is 10.6 Å². The zero-order valence-corrected chi connectivity index (χ0v) is 12.4. The minimum absolute atomic E-state index is 0.00144. The second-order valence-electron chi connectivity index (χ2n) is 4.93. The fourth-order valence-corrected chi connectivity index (χ4v) is 2.94. The Kier molecular flexibility index (Phi) is 4.77. The van der Waals surface area contributed by atoms with Gasteiger partial charge in [0.2, 0.25) is 5.91 Å². The standard InChI is InChI=1S/C14H20N2O3S/c1-2-20(18,19)8-7-15-14(17)13-9-11-5-3-4-6-12(11)10-16-13/h3-6,13,16H,2,7-10H2,1H3,(H,15,17). The average molecular weight is 296 g/mol. The van der Waals surface area contributed by atoms with Gasteiger partial charge in [-0.25, -0.2) is 8.42 Å². The first kappa shape index (κ1) is 15.0. The molecular formula is C14H20N2O3S. The molecule has 1 aliphatic heterocycles. The predicted molar refractivity (Wildman–Crippen MR) is 78.1 cm³/mol. The number of hydrogen-bond acceptors (Lipinski definition) is 4. The molecule has 0 saturated carbocycles. The van der Waals surface area contributed by atoms with Gasteiger partial charge in [-0.1, -0.05) is 31.2 Å². The fourth-order valence-electron chi connectivity index (χ4n) is 2.24. The molecule has 0 aliphatic carbocycles. The van der Waals surface area contributed by atoms with Crippen molar-refractivity contribution in [3.8, 4) is 0 Å². The van der Waals surface area contributed by atoms with Crippen LogP contribution >= 0.6 is 0 Å². The quantitative estimate of drug-likeness (QED) is 0.817. The van der Waals surface area contributed by atoms with Gasteiger partial charge in [0.1, 0.15) is 0 Å². The summed E-state index contributed by atoms with van der Waals surface area (Å²) >= 11 is 0. The normalized spacial score (nSPS) is 18.4. The van der Waals surface area contributed by atoms with Crippen LogP contribution in [0.1, 0.15) is 18.1 Å². The highest BCUT2D eigenvalue weighted by Crippen LogP contribution is 2.16. The topological polar surface area (TPSA) is 75.3 Å². The van der Waals surface area contributed by atoms with Crippen molar-refractivity contribution in [1.82, 2.24) is 10.6 Å². The molecule has 0 radical (unpaired) electrons. The first-order valence-electron chi connectivity index (χ1n) is 6.80. The molecule has 0 spiro atoms. The number of carbonyl (C=O) groups excluding carboxylic acids is 1. The van der Waals surface area contributed by atoms with Crippen LogP contribution in [0.25, 0.3) is 0 Å². The summed E-state index contributed by atoms with van der Waals surface area (Å²) in [6, 6.07) is 7.74. The lowest BCUT2D eigenvalue weighted by Crippen LogP contribution is -2.48. The summed E-state index contributed by atoms with van der Waals surface area (Å²) in [4.78, 5) is 12.0. The number of sulfone groups is 1. The average Bonchev–Trinajstić information content (AvgIpc) is 2.46. The van der Waals surface area contributed by atoms with Crippen molar-refractivity contribution in [2.24, 2.45) is 0 Å². The van der Waals surface area contributed by atoms with Gasteiger partial charge in [0, 0.05) is 18.8 Å². The largest absolute Gasteiger partial charge is 0.354 e. The molecule has 1 aromatic carbocycles. The van der Waals surface area contributed by atoms with E-state index in [-0.39, 0.29) is 30.0 Å². The lowest BCUT2D eigenvalue weighted by Gasteiger charge is -2.25. The summed E-state index contributed by atoms with van der Waals surface area (Å²) in [6.45, 7) is 2.45. The van der Waals surface area contributed by atoms with Crippen LogP contribution in [0, 0.1) is 0 Å². The summed E-state index contributed by atoms with van der Waals surface area (Å²) < 4.78 is 22.7. The van der Waals surface area contributed by atoms with Crippen molar-refractivity contribution < 1.29 is 13.2 Å². The Balaban J connectivity index is 1.86. The van der Waals surface area contributed by atoms with Crippen molar-refractivity contribution in [3.63, 3.8) is 0 Å². The number of benzene rings is 1. The Morgan fingerprint density at radius 1 is 1.35 bits per heavy atom. The molecule has 0 saturated heterocycles. The number of hydrogen-bond donors (Lipinski definition) is 2. The molecule has 6 heteroatoms. The van der Waals surface area contributed by atoms with Crippen LogP contribution < -0.4 is 10.6 Å². The van der Waals surface area contributed by atoms with E-state index in [1.165, 1.54) is 11.1 Å². The molecule has 1 unspecified atom stereocenters. The first-order valence-corrected chi connectivity index (χ1v) is 8.62. The Bertz CT molecular complexity index is 584. The van der Waals surface area contributed by atoms with Crippen molar-refractivity contribution in [3.05, 3.63) is 35.4 Å². The SMILES string of the molecule is CCS(=O)(=O)CCNC(=O)C1Cc2ccccc2CN1. The van der Waals surface area contributed by atoms with E-state index in [1.54, 1.807) is 6.92 Å². The number of amides is 1. The van der Waals surface area contributed by atoms with E-state index in [2.05, 4.69) is 10.6 Å². The Morgan fingerprint density at radius 2 is 2.05 bits per heavy atom. The summed E-state index contributed by atoms with van der Waals surface area (Å²) in [5.41, 5.74) is 2.39. The van der Waals surface area contributed by atoms with Gasteiger partial charge >= 0.3 is 0 Å². The van der Waals surface area contributed by atoms with Gasteiger partial charge in [0.05, 0.1) is 11.8 Å². The van der Waals surface area contributed by atoms with E-state index < -0.39 is 9.84 Å². The van der Waals surface area contributed by atoms with E-state index >= 15 is 0 Å². The molecule has 1 atom stereocenters. The third-order valence-electron chi connectivity index (χ3n) is 3.55. The van der Waals surface area contributed by atoms with Crippen LogP contribution in [0.2, 0.25) is 0 Å². The summed E-state index contributed by atoms with van der Waals surface area (Å²) in [6.07, 6.45) is 0.641. The van der Waals surface area contributed by atoms with Crippen LogP contribution in [0.5, 0.6) is 0 Å². The number of fused-ring (bicyclic) bond motifs is 1. The third kappa shape index (κ3) is 3.80. The maximum absolute atomic E-state index is 12.0. The molecule has 1 aromatic rings. The van der Waals surface area contributed by atoms with Gasteiger partial charge in [-0.15, -0.1) is 0 Å². The second-order valence-corrected chi connectivity index (χ2v) is 7.41. The molecule has 1 aliphatic rings. The van der Waals surface area contributed by atoms with E-state index in [4.69, 9.17) is 0 Å². The highest BCUT2D eigenvalue weighted by Gasteiger charge is 2.23. The van der Waals surface area contributed by atoms with Crippen molar-refractivity contribution in [1.29, 1.82) is 0 Å². The predicted octanol–water partition coefficient (Wildman–Crippen LogP) is 0.252. The molecule has 0 fully saturated rings. The van der Waals surface area contributed by atoms with Gasteiger partial charge in [-0.05, 0) is 17.5 Å². The smallest absolute Gasteiger partial charge is 0.237 e. The van der Waals surface area contributed by atoms with Gasteiger partial charge in [0.25, 0.3) is 0 Å². The highest BCUT2D eigenvalue weighted by molar-refractivity contribution is 7.91. The molecule has 2 rings (SSSR count). The first-order chi connectivity index (χ1) is 9.52. The van der Waals surface area contributed by atoms with Crippen LogP contribution in [-0.2, 0) is 27.6 Å². The maximum Gasteiger partial charge on any atom is 0.237 e. The van der Waals surface area contributed by atoms with E-state index in [0.29, 0.717) is 13.0 Å². The molecule has 110 valence electrons. The van der Waals surface area contributed by atoms with Gasteiger partial charge in [-0.2, -0.15) is 0 Å². The zero-order chi connectivity index (χ0) is 14.6. The van der Waals surface area contributed by atoms with Crippen LogP contribution in [0.15, 0.2) is 24.3 Å². The lowest BCUT2D eigenvalue weighted by atomic mass is 9.95. The molecule has 1 amide bonds. The number of carbonyl (C=O) groups is 1. The van der Waals surface area contributed by atoms with E-state index in [1.807, 2.05) is 24.3 Å². The summed E-state index contributed by atoms with van der Waals surface area (Å²) in [5, 5.41) is 5.87. The van der Waals surface area contributed by atoms with E-state index in [9.17, 15) is 13.2 Å². The summed E-state index contributed by atoms with van der Waals surface area (Å²) in [5.74, 6) is -0.0259. The van der Waals surface area contributed by atoms with E-state index in [0.717, 1.165) is 0 Å². The number of nitrogens with one attached hydrogen (secondary N) is 2. The fraction of sp³-hybridized carbons (Fsp3) is 0.500. The van der Waals surface area contributed by atoms with Crippen LogP contribution in [0.4, 0.5) is 0 Å². The van der Waals surface area contributed by atoms with Crippen LogP contribution in [-0.4, -0.2) is 38.4 Å². The Labute approximate surface area is 119 Å². The van der Waals surface area contributed by atoms with Crippen molar-refractivity contribution in [2.45, 2.75) is 25.9 Å². The third-order valence-corrected chi connectivity index (χ3v) is 5.26. The minimum atomic E-state index is -3.03. The highest BCUT2D eigenvalue weighted by atomic mass is 32.2. The molecule has 2 N–H and O–H groups in total. The lowest BCUT2D eigenvalue weighted by molar-refractivity contribution is -0.123. The molecule has 1 heterocycles. The van der Waals surface area contributed by atoms with Crippen molar-refractivity contribution >= 4 is 15.7 Å². The molecule has 0 aromatic heterocycles. The zero-order valence-electron chi connectivity index (χ0n) is 11.6. The monoisotopic (exact) mass is 296 g/mol. The maximum atomic E-state index is 12.0. The summed E-state index contributed by atoms with van der Waals surface area (Å²) in [7, 11) is -3.03. The molecule has 0 bridgehead atoms. The molecule has 20 heavy (non-hydrogen) atoms. The van der Waals surface area contributed by atoms with Crippen molar-refractivity contribution in [2.75, 3.05) is 18.1 Å². The number of rotatable bonds is 5. The second kappa shape index (κ2) is 6.37. The Morgan fingerprint density at radius 3 is 2.75 bits per heavy atom.